The van der Waals surface area contributed by atoms with Gasteiger partial charge in [0, 0.05) is 16.5 Å². The number of amidine groups is 1. The fourth-order valence-electron chi connectivity index (χ4n) is 1.29. The van der Waals surface area contributed by atoms with Crippen LogP contribution in [0, 0.1) is 5.92 Å². The van der Waals surface area contributed by atoms with Crippen LogP contribution < -0.4 is 11.1 Å². The Labute approximate surface area is 143 Å². The van der Waals surface area contributed by atoms with E-state index >= 15 is 0 Å². The number of rotatable bonds is 4. The van der Waals surface area contributed by atoms with Gasteiger partial charge in [0.15, 0.2) is 6.17 Å². The molecule has 1 atom stereocenters. The van der Waals surface area contributed by atoms with E-state index < -0.39 is 15.9 Å². The summed E-state index contributed by atoms with van der Waals surface area (Å²) in [6.07, 6.45) is -1.09. The summed E-state index contributed by atoms with van der Waals surface area (Å²) in [5.41, 5.74) is 6.13. The third kappa shape index (κ3) is 5.91. The second-order valence-electron chi connectivity index (χ2n) is 4.63. The van der Waals surface area contributed by atoms with Gasteiger partial charge in [-0.3, -0.25) is 4.79 Å². The van der Waals surface area contributed by atoms with Gasteiger partial charge in [-0.25, -0.2) is 4.99 Å². The topological polar surface area (TPSA) is 67.5 Å². The Kier molecular flexibility index (Phi) is 6.60. The van der Waals surface area contributed by atoms with Crippen molar-refractivity contribution in [2.75, 3.05) is 0 Å². The van der Waals surface area contributed by atoms with E-state index in [0.29, 0.717) is 10.6 Å². The molecule has 4 nitrogen and oxygen atoms in total. The predicted octanol–water partition coefficient (Wildman–Crippen LogP) is 3.78. The molecule has 0 aliphatic carbocycles. The highest BCUT2D eigenvalue weighted by Crippen LogP contribution is 2.31. The van der Waals surface area contributed by atoms with Crippen LogP contribution in [-0.2, 0) is 0 Å². The van der Waals surface area contributed by atoms with Crippen molar-refractivity contribution < 1.29 is 4.79 Å². The van der Waals surface area contributed by atoms with Crippen LogP contribution in [0.2, 0.25) is 5.02 Å². The Morgan fingerprint density at radius 3 is 2.19 bits per heavy atom. The number of hydrogen-bond donors (Lipinski definition) is 2. The van der Waals surface area contributed by atoms with Crippen molar-refractivity contribution in [1.29, 1.82) is 0 Å². The van der Waals surface area contributed by atoms with Crippen LogP contribution in [0.25, 0.3) is 0 Å². The zero-order chi connectivity index (χ0) is 16.2. The molecule has 0 saturated heterocycles. The van der Waals surface area contributed by atoms with E-state index in [-0.39, 0.29) is 11.8 Å². The van der Waals surface area contributed by atoms with Crippen LogP contribution in [0.4, 0.5) is 0 Å². The number of alkyl halides is 3. The first-order chi connectivity index (χ1) is 9.61. The third-order valence-corrected chi connectivity index (χ3v) is 3.43. The van der Waals surface area contributed by atoms with Crippen LogP contribution in [0.5, 0.6) is 0 Å². The summed E-state index contributed by atoms with van der Waals surface area (Å²) in [6.45, 7) is 3.69. The van der Waals surface area contributed by atoms with Gasteiger partial charge in [-0.2, -0.15) is 0 Å². The largest absolute Gasteiger partial charge is 0.387 e. The van der Waals surface area contributed by atoms with Gasteiger partial charge in [0.05, 0.1) is 5.84 Å². The molecule has 21 heavy (non-hydrogen) atoms. The van der Waals surface area contributed by atoms with Gasteiger partial charge < -0.3 is 11.1 Å². The molecule has 0 aromatic heterocycles. The van der Waals surface area contributed by atoms with Gasteiger partial charge in [-0.05, 0) is 24.3 Å². The summed E-state index contributed by atoms with van der Waals surface area (Å²) in [5.74, 6) is -0.196. The van der Waals surface area contributed by atoms with E-state index in [1.54, 1.807) is 24.3 Å². The molecular formula is C13H15Cl4N3O. The quantitative estimate of drug-likeness (QED) is 0.481. The zero-order valence-electron chi connectivity index (χ0n) is 11.4. The highest BCUT2D eigenvalue weighted by atomic mass is 35.6. The SMILES string of the molecule is CC(C)C(N)=NC(NC(=O)c1ccc(Cl)cc1)C(Cl)(Cl)Cl. The Hall–Kier alpha value is -0.680. The molecule has 0 bridgehead atoms. The van der Waals surface area contributed by atoms with Crippen LogP contribution in [0.3, 0.4) is 0 Å². The van der Waals surface area contributed by atoms with Crippen molar-refractivity contribution >= 4 is 58.1 Å². The second-order valence-corrected chi connectivity index (χ2v) is 7.44. The fraction of sp³-hybridized carbons (Fsp3) is 0.385. The minimum Gasteiger partial charge on any atom is -0.387 e. The van der Waals surface area contributed by atoms with Gasteiger partial charge >= 0.3 is 0 Å². The van der Waals surface area contributed by atoms with E-state index in [0.717, 1.165) is 0 Å². The molecule has 3 N–H and O–H groups in total. The van der Waals surface area contributed by atoms with Crippen LogP contribution in [0.1, 0.15) is 24.2 Å². The minimum absolute atomic E-state index is 0.0349. The molecule has 116 valence electrons. The summed E-state index contributed by atoms with van der Waals surface area (Å²) in [5, 5.41) is 3.05. The zero-order valence-corrected chi connectivity index (χ0v) is 14.4. The van der Waals surface area contributed by atoms with Crippen LogP contribution >= 0.6 is 46.4 Å². The molecule has 0 saturated carbocycles. The lowest BCUT2D eigenvalue weighted by Crippen LogP contribution is -2.44. The molecule has 1 aromatic carbocycles. The number of hydrogen-bond acceptors (Lipinski definition) is 2. The highest BCUT2D eigenvalue weighted by molar-refractivity contribution is 6.68. The molecule has 1 rings (SSSR count). The lowest BCUT2D eigenvalue weighted by Gasteiger charge is -2.23. The Morgan fingerprint density at radius 2 is 1.76 bits per heavy atom. The van der Waals surface area contributed by atoms with E-state index in [9.17, 15) is 4.79 Å². The van der Waals surface area contributed by atoms with Crippen molar-refractivity contribution in [2.24, 2.45) is 16.6 Å². The fourth-order valence-corrected chi connectivity index (χ4v) is 1.73. The lowest BCUT2D eigenvalue weighted by atomic mass is 10.2. The number of benzene rings is 1. The molecule has 0 radical (unpaired) electrons. The van der Waals surface area contributed by atoms with Crippen molar-refractivity contribution in [2.45, 2.75) is 23.8 Å². The smallest absolute Gasteiger partial charge is 0.253 e. The number of carbonyl (C=O) groups is 1. The lowest BCUT2D eigenvalue weighted by molar-refractivity contribution is 0.0939. The van der Waals surface area contributed by atoms with Crippen LogP contribution in [0.15, 0.2) is 29.3 Å². The van der Waals surface area contributed by atoms with Crippen molar-refractivity contribution in [3.63, 3.8) is 0 Å². The summed E-state index contributed by atoms with van der Waals surface area (Å²) in [7, 11) is 0. The van der Waals surface area contributed by atoms with Gasteiger partial charge in [0.1, 0.15) is 0 Å². The molecule has 1 amide bonds. The van der Waals surface area contributed by atoms with Gasteiger partial charge in [-0.1, -0.05) is 60.3 Å². The van der Waals surface area contributed by atoms with E-state index in [1.807, 2.05) is 13.8 Å². The van der Waals surface area contributed by atoms with Gasteiger partial charge in [0.2, 0.25) is 3.79 Å². The monoisotopic (exact) mass is 369 g/mol. The molecule has 8 heteroatoms. The van der Waals surface area contributed by atoms with Gasteiger partial charge in [-0.15, -0.1) is 0 Å². The molecule has 1 unspecified atom stereocenters. The summed E-state index contributed by atoms with van der Waals surface area (Å²) >= 11 is 23.3. The molecule has 0 aliphatic heterocycles. The molecular weight excluding hydrogens is 356 g/mol. The minimum atomic E-state index is -1.82. The number of amides is 1. The van der Waals surface area contributed by atoms with E-state index in [4.69, 9.17) is 52.1 Å². The molecule has 1 aromatic rings. The van der Waals surface area contributed by atoms with E-state index in [2.05, 4.69) is 10.3 Å². The average Bonchev–Trinajstić information content (AvgIpc) is 2.37. The molecule has 0 fully saturated rings. The Bertz CT molecular complexity index is 523. The Balaban J connectivity index is 2.94. The molecule has 0 spiro atoms. The average molecular weight is 371 g/mol. The summed E-state index contributed by atoms with van der Waals surface area (Å²) < 4.78 is -1.82. The highest BCUT2D eigenvalue weighted by Gasteiger charge is 2.34. The summed E-state index contributed by atoms with van der Waals surface area (Å²) in [4.78, 5) is 16.2. The summed E-state index contributed by atoms with van der Waals surface area (Å²) in [6, 6.07) is 6.30. The Morgan fingerprint density at radius 1 is 1.24 bits per heavy atom. The van der Waals surface area contributed by atoms with Crippen molar-refractivity contribution in [1.82, 2.24) is 5.32 Å². The van der Waals surface area contributed by atoms with Crippen molar-refractivity contribution in [3.8, 4) is 0 Å². The van der Waals surface area contributed by atoms with Crippen LogP contribution in [-0.4, -0.2) is 21.7 Å². The maximum atomic E-state index is 12.1. The first-order valence-corrected chi connectivity index (χ1v) is 7.58. The molecule has 0 heterocycles. The third-order valence-electron chi connectivity index (χ3n) is 2.55. The number of nitrogens with one attached hydrogen (secondary N) is 1. The number of aliphatic imine (C=N–C) groups is 1. The first kappa shape index (κ1) is 18.4. The second kappa shape index (κ2) is 7.54. The number of halogens is 4. The number of nitrogens with zero attached hydrogens (tertiary/aromatic N) is 1. The maximum Gasteiger partial charge on any atom is 0.253 e. The molecule has 0 aliphatic rings. The number of nitrogens with two attached hydrogens (primary N) is 1. The van der Waals surface area contributed by atoms with Gasteiger partial charge in [0.25, 0.3) is 5.91 Å². The van der Waals surface area contributed by atoms with Crippen molar-refractivity contribution in [3.05, 3.63) is 34.9 Å². The first-order valence-electron chi connectivity index (χ1n) is 6.07. The standard InChI is InChI=1S/C13H15Cl4N3O/c1-7(2)10(18)19-12(13(15,16)17)20-11(21)8-3-5-9(14)6-4-8/h3-7,12H,1-2H3,(H2,18,19)(H,20,21). The predicted molar refractivity (Wildman–Crippen MR) is 89.5 cm³/mol. The maximum absolute atomic E-state index is 12.1. The normalized spacial score (nSPS) is 14.1. The van der Waals surface area contributed by atoms with E-state index in [1.165, 1.54) is 0 Å². The number of carbonyl (C=O) groups excluding carboxylic acids is 1.